The molecule has 7 rings (SSSR count). The zero-order valence-corrected chi connectivity index (χ0v) is 30.0. The molecule has 0 bridgehead atoms. The second-order valence-electron chi connectivity index (χ2n) is 18.8. The smallest absolute Gasteiger partial charge is 0.407 e. The number of carbonyl (C=O) groups is 1. The third-order valence-corrected chi connectivity index (χ3v) is 16.3. The number of nitrogens with one attached hydrogen (secondary N) is 1. The van der Waals surface area contributed by atoms with Gasteiger partial charge in [-0.3, -0.25) is 0 Å². The number of nitrogens with two attached hydrogens (primary N) is 1. The lowest BCUT2D eigenvalue weighted by molar-refractivity contribution is -0.214. The van der Waals surface area contributed by atoms with Crippen molar-refractivity contribution < 1.29 is 29.2 Å². The van der Waals surface area contributed by atoms with Crippen LogP contribution in [0.25, 0.3) is 0 Å². The number of carbonyl (C=O) groups excluding carboxylic acids is 1. The maximum Gasteiger partial charge on any atom is 0.407 e. The van der Waals surface area contributed by atoms with E-state index in [2.05, 4.69) is 51.9 Å². The average molecular weight is 646 g/mol. The number of rotatable bonds is 6. The second kappa shape index (κ2) is 10.3. The van der Waals surface area contributed by atoms with E-state index in [1.807, 2.05) is 6.92 Å². The summed E-state index contributed by atoms with van der Waals surface area (Å²) in [6.07, 6.45) is 5.65. The standard InChI is InChI=1S/C37H63N3O6/c1-10-44-29(32(5,6)43)23-17-21(2)26-27(45-23)28(41)37(38)24-11-13-34(8)31(3,4)25(46-30(42)39-22-18-40(9)19-22)12-14-36(34)20-35(24,36)16-15-33(26,37)7/h21-29,41,43H,10-20,38H2,1-9H3,(H,39,42)/t21-,23-,24-,25+,26+,27+,28+,29+,33-,34+,35+,36-,37+/m1/s1. The van der Waals surface area contributed by atoms with Crippen molar-refractivity contribution in [2.45, 2.75) is 154 Å². The number of nitrogens with zero attached hydrogens (tertiary/aromatic N) is 1. The summed E-state index contributed by atoms with van der Waals surface area (Å²) in [6.45, 7) is 19.6. The van der Waals surface area contributed by atoms with Gasteiger partial charge in [-0.25, -0.2) is 4.79 Å². The number of ether oxygens (including phenoxy) is 3. The molecule has 9 nitrogen and oxygen atoms in total. The summed E-state index contributed by atoms with van der Waals surface area (Å²) in [5.74, 6) is 0.654. The quantitative estimate of drug-likeness (QED) is 0.334. The van der Waals surface area contributed by atoms with Crippen molar-refractivity contribution >= 4 is 6.09 Å². The maximum atomic E-state index is 13.0. The third-order valence-electron chi connectivity index (χ3n) is 16.3. The molecule has 5 aliphatic carbocycles. The zero-order chi connectivity index (χ0) is 33.5. The SMILES string of the molecule is CCO[C@@H]([C@H]1C[C@@H](C)[C@H]2[C@H](O1)[C@H](O)[C@@]1(N)[C@@H]3CC[C@@]4(C)C(C)(C)[C@@H](OC(=O)NC5CN(C)C5)CC[C@@]45C[C@@]35CC[C@]21C)C(C)(C)O. The first kappa shape index (κ1) is 33.5. The van der Waals surface area contributed by atoms with Crippen LogP contribution in [-0.2, 0) is 14.2 Å². The Balaban J connectivity index is 1.15. The summed E-state index contributed by atoms with van der Waals surface area (Å²) >= 11 is 0. The number of hydrogen-bond acceptors (Lipinski definition) is 8. The van der Waals surface area contributed by atoms with Gasteiger partial charge in [0.05, 0.1) is 35.5 Å². The van der Waals surface area contributed by atoms with Crippen molar-refractivity contribution in [3.05, 3.63) is 0 Å². The van der Waals surface area contributed by atoms with Gasteiger partial charge in [0.15, 0.2) is 0 Å². The maximum absolute atomic E-state index is 13.0. The Bertz CT molecular complexity index is 1230. The highest BCUT2D eigenvalue weighted by molar-refractivity contribution is 5.68. The van der Waals surface area contributed by atoms with Crippen LogP contribution in [0.1, 0.15) is 107 Å². The molecular formula is C37H63N3O6. The van der Waals surface area contributed by atoms with E-state index in [0.717, 1.165) is 64.5 Å². The molecule has 0 aromatic rings. The van der Waals surface area contributed by atoms with E-state index in [1.54, 1.807) is 13.8 Å². The molecule has 2 aliphatic heterocycles. The number of aliphatic hydroxyl groups excluding tert-OH is 1. The topological polar surface area (TPSA) is 127 Å². The Hall–Kier alpha value is -0.970. The van der Waals surface area contributed by atoms with Crippen LogP contribution >= 0.6 is 0 Å². The first-order valence-corrected chi connectivity index (χ1v) is 18.4. The van der Waals surface area contributed by atoms with Crippen molar-refractivity contribution in [2.75, 3.05) is 26.7 Å². The van der Waals surface area contributed by atoms with Gasteiger partial charge in [0, 0.05) is 25.1 Å². The van der Waals surface area contributed by atoms with E-state index in [1.165, 1.54) is 0 Å². The Kier molecular flexibility index (Phi) is 7.50. The molecule has 7 aliphatic rings. The molecule has 5 saturated carbocycles. The van der Waals surface area contributed by atoms with Crippen molar-refractivity contribution in [2.24, 2.45) is 50.6 Å². The number of aliphatic hydroxyl groups is 2. The summed E-state index contributed by atoms with van der Waals surface area (Å²) in [4.78, 5) is 15.2. The lowest BCUT2D eigenvalue weighted by Gasteiger charge is -2.66. The van der Waals surface area contributed by atoms with Crippen LogP contribution in [0, 0.1) is 44.8 Å². The van der Waals surface area contributed by atoms with Crippen molar-refractivity contribution in [1.29, 1.82) is 0 Å². The van der Waals surface area contributed by atoms with E-state index in [0.29, 0.717) is 6.61 Å². The number of amides is 1. The first-order valence-electron chi connectivity index (χ1n) is 18.4. The van der Waals surface area contributed by atoms with E-state index in [4.69, 9.17) is 19.9 Å². The van der Waals surface area contributed by atoms with E-state index in [-0.39, 0.29) is 75.3 Å². The van der Waals surface area contributed by atoms with Crippen LogP contribution in [0.4, 0.5) is 4.79 Å². The van der Waals surface area contributed by atoms with E-state index >= 15 is 0 Å². The Morgan fingerprint density at radius 3 is 2.46 bits per heavy atom. The number of likely N-dealkylation sites (N-methyl/N-ethyl adjacent to an activating group) is 1. The molecule has 262 valence electrons. The van der Waals surface area contributed by atoms with Gasteiger partial charge in [-0.05, 0) is 119 Å². The number of fused-ring (bicyclic) bond motifs is 4. The van der Waals surface area contributed by atoms with Gasteiger partial charge in [-0.1, -0.05) is 34.6 Å². The number of alkyl carbamates (subject to hydrolysis) is 1. The number of likely N-dealkylation sites (tertiary alicyclic amines) is 1. The van der Waals surface area contributed by atoms with Crippen LogP contribution in [-0.4, -0.2) is 95.7 Å². The molecule has 0 unspecified atom stereocenters. The fourth-order valence-corrected chi connectivity index (χ4v) is 13.8. The molecule has 46 heavy (non-hydrogen) atoms. The molecule has 0 radical (unpaired) electrons. The molecule has 2 spiro atoms. The highest BCUT2D eigenvalue weighted by atomic mass is 16.6. The summed E-state index contributed by atoms with van der Waals surface area (Å²) in [5, 5.41) is 26.6. The summed E-state index contributed by atoms with van der Waals surface area (Å²) < 4.78 is 19.2. The monoisotopic (exact) mass is 645 g/mol. The number of hydrogen-bond donors (Lipinski definition) is 4. The molecular weight excluding hydrogens is 582 g/mol. The van der Waals surface area contributed by atoms with Gasteiger partial charge < -0.3 is 40.4 Å². The van der Waals surface area contributed by atoms with Crippen LogP contribution in [0.15, 0.2) is 0 Å². The molecule has 2 heterocycles. The second-order valence-corrected chi connectivity index (χ2v) is 18.8. The fraction of sp³-hybridized carbons (Fsp3) is 0.973. The molecule has 9 heteroatoms. The normalized spacial score (nSPS) is 51.8. The minimum absolute atomic E-state index is 0.00309. The highest BCUT2D eigenvalue weighted by Gasteiger charge is 2.87. The molecule has 13 atom stereocenters. The van der Waals surface area contributed by atoms with Gasteiger partial charge in [0.1, 0.15) is 12.2 Å². The van der Waals surface area contributed by atoms with Crippen LogP contribution in [0.3, 0.4) is 0 Å². The molecule has 0 aromatic carbocycles. The van der Waals surface area contributed by atoms with Crippen molar-refractivity contribution in [1.82, 2.24) is 10.2 Å². The Labute approximate surface area is 277 Å². The van der Waals surface area contributed by atoms with Crippen LogP contribution < -0.4 is 11.1 Å². The van der Waals surface area contributed by atoms with Gasteiger partial charge in [0.25, 0.3) is 0 Å². The fourth-order valence-electron chi connectivity index (χ4n) is 13.8. The largest absolute Gasteiger partial charge is 0.446 e. The van der Waals surface area contributed by atoms with E-state index < -0.39 is 23.3 Å². The molecule has 2 saturated heterocycles. The molecule has 7 fully saturated rings. The van der Waals surface area contributed by atoms with Crippen LogP contribution in [0.2, 0.25) is 0 Å². The Morgan fingerprint density at radius 1 is 1.13 bits per heavy atom. The predicted molar refractivity (Wildman–Crippen MR) is 176 cm³/mol. The van der Waals surface area contributed by atoms with Crippen LogP contribution in [0.5, 0.6) is 0 Å². The molecule has 5 N–H and O–H groups in total. The Morgan fingerprint density at radius 2 is 1.83 bits per heavy atom. The molecule has 1 amide bonds. The summed E-state index contributed by atoms with van der Waals surface area (Å²) in [6, 6.07) is 0.175. The van der Waals surface area contributed by atoms with Gasteiger partial charge in [0.2, 0.25) is 0 Å². The summed E-state index contributed by atoms with van der Waals surface area (Å²) in [5.41, 5.74) is 5.79. The third kappa shape index (κ3) is 4.05. The lowest BCUT2D eigenvalue weighted by atomic mass is 9.39. The minimum atomic E-state index is -1.06. The summed E-state index contributed by atoms with van der Waals surface area (Å²) in [7, 11) is 2.06. The average Bonchev–Trinajstić information content (AvgIpc) is 3.58. The zero-order valence-electron chi connectivity index (χ0n) is 30.0. The van der Waals surface area contributed by atoms with E-state index in [9.17, 15) is 15.0 Å². The predicted octanol–water partition coefficient (Wildman–Crippen LogP) is 4.47. The first-order chi connectivity index (χ1) is 21.3. The minimum Gasteiger partial charge on any atom is -0.446 e. The van der Waals surface area contributed by atoms with Gasteiger partial charge in [-0.15, -0.1) is 0 Å². The van der Waals surface area contributed by atoms with Crippen molar-refractivity contribution in [3.8, 4) is 0 Å². The molecule has 0 aromatic heterocycles. The lowest BCUT2D eigenvalue weighted by Crippen LogP contribution is -2.71. The van der Waals surface area contributed by atoms with Gasteiger partial charge >= 0.3 is 6.09 Å². The van der Waals surface area contributed by atoms with Gasteiger partial charge in [-0.2, -0.15) is 0 Å². The van der Waals surface area contributed by atoms with Crippen molar-refractivity contribution in [3.63, 3.8) is 0 Å². The highest BCUT2D eigenvalue weighted by Crippen LogP contribution is 2.90.